The second kappa shape index (κ2) is 16.8. The lowest BCUT2D eigenvalue weighted by Crippen LogP contribution is -2.56. The van der Waals surface area contributed by atoms with Gasteiger partial charge in [0.05, 0.1) is 12.1 Å². The molecule has 0 aromatic heterocycles. The van der Waals surface area contributed by atoms with Crippen molar-refractivity contribution in [2.45, 2.75) is 97.4 Å². The van der Waals surface area contributed by atoms with E-state index in [1.54, 1.807) is 23.1 Å². The van der Waals surface area contributed by atoms with Crippen LogP contribution in [0, 0.1) is 6.92 Å². The lowest BCUT2D eigenvalue weighted by molar-refractivity contribution is -0.121. The number of aliphatic hydroxyl groups is 2. The Morgan fingerprint density at radius 3 is 2.00 bits per heavy atom. The van der Waals surface area contributed by atoms with E-state index in [0.717, 1.165) is 36.8 Å². The number of nitrogens with zero attached hydrogens (tertiary/aromatic N) is 1. The molecule has 0 aliphatic rings. The number of amides is 3. The molecule has 2 aromatic rings. The molecule has 3 amide bonds. The van der Waals surface area contributed by atoms with Gasteiger partial charge in [-0.25, -0.2) is 0 Å². The molecule has 2 aromatic carbocycles. The highest BCUT2D eigenvalue weighted by Gasteiger charge is 2.34. The SMILES string of the molecule is CCCC[C@@H](NC(C)=O)[C@@H](O)[C@H](O)[C@H](Cc1ccccc1)NC(=O)c1cc(C)cc(C(=O)N(CCC)CCC)c1. The number of rotatable bonds is 16. The third-order valence-corrected chi connectivity index (χ3v) is 6.91. The third kappa shape index (κ3) is 10.1. The summed E-state index contributed by atoms with van der Waals surface area (Å²) in [6.07, 6.45) is 1.42. The Morgan fingerprint density at radius 1 is 0.825 bits per heavy atom. The molecule has 0 aliphatic heterocycles. The maximum Gasteiger partial charge on any atom is 0.253 e. The van der Waals surface area contributed by atoms with Gasteiger partial charge in [-0.3, -0.25) is 14.4 Å². The number of benzene rings is 2. The van der Waals surface area contributed by atoms with E-state index in [9.17, 15) is 24.6 Å². The molecule has 2 rings (SSSR count). The van der Waals surface area contributed by atoms with Gasteiger partial charge >= 0.3 is 0 Å². The first-order valence-corrected chi connectivity index (χ1v) is 14.5. The number of aliphatic hydroxyl groups excluding tert-OH is 2. The summed E-state index contributed by atoms with van der Waals surface area (Å²) in [6, 6.07) is 13.0. The van der Waals surface area contributed by atoms with E-state index < -0.39 is 30.2 Å². The quantitative estimate of drug-likeness (QED) is 0.250. The lowest BCUT2D eigenvalue weighted by Gasteiger charge is -2.33. The monoisotopic (exact) mass is 553 g/mol. The Kier molecular flexibility index (Phi) is 13.8. The molecule has 0 aliphatic carbocycles. The van der Waals surface area contributed by atoms with Crippen LogP contribution in [0.15, 0.2) is 48.5 Å². The fourth-order valence-electron chi connectivity index (χ4n) is 4.94. The van der Waals surface area contributed by atoms with Crippen molar-refractivity contribution in [2.75, 3.05) is 13.1 Å². The van der Waals surface area contributed by atoms with Gasteiger partial charge in [0.1, 0.15) is 12.2 Å². The van der Waals surface area contributed by atoms with Crippen LogP contribution in [0.5, 0.6) is 0 Å². The van der Waals surface area contributed by atoms with Crippen LogP contribution in [0.1, 0.15) is 91.6 Å². The molecule has 0 saturated heterocycles. The molecule has 8 nitrogen and oxygen atoms in total. The predicted octanol–water partition coefficient (Wildman–Crippen LogP) is 4.02. The van der Waals surface area contributed by atoms with Crippen molar-refractivity contribution < 1.29 is 24.6 Å². The maximum atomic E-state index is 13.5. The number of hydrogen-bond acceptors (Lipinski definition) is 5. The number of carbonyl (C=O) groups excluding carboxylic acids is 3. The molecule has 0 saturated carbocycles. The molecule has 4 atom stereocenters. The van der Waals surface area contributed by atoms with Gasteiger partial charge in [0.25, 0.3) is 11.8 Å². The van der Waals surface area contributed by atoms with E-state index in [0.29, 0.717) is 30.6 Å². The van der Waals surface area contributed by atoms with Gasteiger partial charge in [-0.15, -0.1) is 0 Å². The van der Waals surface area contributed by atoms with E-state index in [2.05, 4.69) is 10.6 Å². The summed E-state index contributed by atoms with van der Waals surface area (Å²) in [5.41, 5.74) is 2.39. The van der Waals surface area contributed by atoms with Crippen LogP contribution in [0.2, 0.25) is 0 Å². The number of hydrogen-bond donors (Lipinski definition) is 4. The van der Waals surface area contributed by atoms with Gasteiger partial charge in [-0.05, 0) is 61.9 Å². The van der Waals surface area contributed by atoms with Gasteiger partial charge in [0.15, 0.2) is 0 Å². The summed E-state index contributed by atoms with van der Waals surface area (Å²) in [6.45, 7) is 10.5. The van der Waals surface area contributed by atoms with Crippen LogP contribution in [0.25, 0.3) is 0 Å². The molecule has 0 radical (unpaired) electrons. The molecule has 40 heavy (non-hydrogen) atoms. The van der Waals surface area contributed by atoms with Crippen molar-refractivity contribution in [3.05, 3.63) is 70.8 Å². The van der Waals surface area contributed by atoms with Crippen LogP contribution in [-0.4, -0.2) is 70.2 Å². The smallest absolute Gasteiger partial charge is 0.253 e. The van der Waals surface area contributed by atoms with E-state index >= 15 is 0 Å². The van der Waals surface area contributed by atoms with Gasteiger partial charge in [0, 0.05) is 31.1 Å². The standard InChI is InChI=1S/C32H47N3O5/c1-6-9-15-27(33-23(5)36)29(37)30(38)28(20-24-13-11-10-12-14-24)34-31(39)25-18-22(4)19-26(21-25)32(40)35(16-7-2)17-8-3/h10-14,18-19,21,27-30,37-38H,6-9,15-17,20H2,1-5H3,(H,33,36)(H,34,39)/t27-,28+,29-,30-/m1/s1. The highest BCUT2D eigenvalue weighted by atomic mass is 16.3. The first-order valence-electron chi connectivity index (χ1n) is 14.5. The summed E-state index contributed by atoms with van der Waals surface area (Å²) < 4.78 is 0. The molecule has 0 bridgehead atoms. The first-order chi connectivity index (χ1) is 19.1. The minimum Gasteiger partial charge on any atom is -0.388 e. The second-order valence-corrected chi connectivity index (χ2v) is 10.6. The normalized spacial score (nSPS) is 14.1. The summed E-state index contributed by atoms with van der Waals surface area (Å²) in [5.74, 6) is -0.868. The first kappa shape index (κ1) is 33.0. The molecule has 0 heterocycles. The maximum absolute atomic E-state index is 13.5. The second-order valence-electron chi connectivity index (χ2n) is 10.6. The zero-order chi connectivity index (χ0) is 29.7. The third-order valence-electron chi connectivity index (χ3n) is 6.91. The number of carbonyl (C=O) groups is 3. The minimum atomic E-state index is -1.35. The van der Waals surface area contributed by atoms with Crippen LogP contribution in [-0.2, 0) is 11.2 Å². The topological polar surface area (TPSA) is 119 Å². The van der Waals surface area contributed by atoms with Crippen LogP contribution >= 0.6 is 0 Å². The number of unbranched alkanes of at least 4 members (excludes halogenated alkanes) is 1. The highest BCUT2D eigenvalue weighted by Crippen LogP contribution is 2.18. The predicted molar refractivity (Wildman–Crippen MR) is 158 cm³/mol. The largest absolute Gasteiger partial charge is 0.388 e. The average Bonchev–Trinajstić information content (AvgIpc) is 2.93. The van der Waals surface area contributed by atoms with Crippen molar-refractivity contribution in [3.8, 4) is 0 Å². The Balaban J connectivity index is 2.36. The van der Waals surface area contributed by atoms with Crippen molar-refractivity contribution in [1.82, 2.24) is 15.5 Å². The molecule has 220 valence electrons. The fraction of sp³-hybridized carbons (Fsp3) is 0.531. The van der Waals surface area contributed by atoms with Crippen molar-refractivity contribution >= 4 is 17.7 Å². The van der Waals surface area contributed by atoms with Crippen molar-refractivity contribution in [2.24, 2.45) is 0 Å². The van der Waals surface area contributed by atoms with Crippen LogP contribution < -0.4 is 10.6 Å². The van der Waals surface area contributed by atoms with Gasteiger partial charge in [-0.1, -0.05) is 63.9 Å². The van der Waals surface area contributed by atoms with Gasteiger partial charge < -0.3 is 25.7 Å². The van der Waals surface area contributed by atoms with E-state index in [1.807, 2.05) is 58.0 Å². The van der Waals surface area contributed by atoms with E-state index in [4.69, 9.17) is 0 Å². The van der Waals surface area contributed by atoms with Crippen molar-refractivity contribution in [3.63, 3.8) is 0 Å². The van der Waals surface area contributed by atoms with E-state index in [-0.39, 0.29) is 18.2 Å². The number of aryl methyl sites for hydroxylation is 1. The Labute approximate surface area is 239 Å². The van der Waals surface area contributed by atoms with Crippen LogP contribution in [0.4, 0.5) is 0 Å². The summed E-state index contributed by atoms with van der Waals surface area (Å²) >= 11 is 0. The molecule has 8 heteroatoms. The molecular weight excluding hydrogens is 506 g/mol. The average molecular weight is 554 g/mol. The molecule has 0 spiro atoms. The Morgan fingerprint density at radius 2 is 1.43 bits per heavy atom. The molecule has 0 fully saturated rings. The van der Waals surface area contributed by atoms with Gasteiger partial charge in [-0.2, -0.15) is 0 Å². The molecular formula is C32H47N3O5. The van der Waals surface area contributed by atoms with Gasteiger partial charge in [0.2, 0.25) is 5.91 Å². The zero-order valence-corrected chi connectivity index (χ0v) is 24.7. The number of nitrogens with one attached hydrogen (secondary N) is 2. The summed E-state index contributed by atoms with van der Waals surface area (Å²) in [7, 11) is 0. The van der Waals surface area contributed by atoms with E-state index in [1.165, 1.54) is 6.92 Å². The molecule has 0 unspecified atom stereocenters. The van der Waals surface area contributed by atoms with Crippen molar-refractivity contribution in [1.29, 1.82) is 0 Å². The highest BCUT2D eigenvalue weighted by molar-refractivity contribution is 6.00. The Bertz CT molecular complexity index is 1090. The molecule has 4 N–H and O–H groups in total. The Hall–Kier alpha value is -3.23. The van der Waals surface area contributed by atoms with Crippen LogP contribution in [0.3, 0.4) is 0 Å². The lowest BCUT2D eigenvalue weighted by atomic mass is 9.91. The zero-order valence-electron chi connectivity index (χ0n) is 24.7. The summed E-state index contributed by atoms with van der Waals surface area (Å²) in [5, 5.41) is 28.1. The minimum absolute atomic E-state index is 0.119. The summed E-state index contributed by atoms with van der Waals surface area (Å²) in [4.78, 5) is 40.4. The fourth-order valence-corrected chi connectivity index (χ4v) is 4.94.